The molecule has 5 heteroatoms. The topological polar surface area (TPSA) is 43.8 Å². The average molecular weight is 329 g/mol. The van der Waals surface area contributed by atoms with Crippen molar-refractivity contribution < 1.29 is 0 Å². The Kier molecular flexibility index (Phi) is 4.45. The summed E-state index contributed by atoms with van der Waals surface area (Å²) in [6.07, 6.45) is 4.47. The van der Waals surface area contributed by atoms with E-state index in [4.69, 9.17) is 0 Å². The van der Waals surface area contributed by atoms with Crippen molar-refractivity contribution in [1.29, 1.82) is 0 Å². The quantitative estimate of drug-likeness (QED) is 0.684. The highest BCUT2D eigenvalue weighted by Crippen LogP contribution is 2.46. The number of anilines is 1. The Hall–Kier alpha value is -1.78. The van der Waals surface area contributed by atoms with Crippen LogP contribution in [0.1, 0.15) is 46.1 Å². The third-order valence-corrected chi connectivity index (χ3v) is 6.04. The molecule has 0 atom stereocenters. The minimum absolute atomic E-state index is 0.119. The van der Waals surface area contributed by atoms with Crippen LogP contribution in [0.3, 0.4) is 0 Å². The molecule has 1 aromatic rings. The van der Waals surface area contributed by atoms with E-state index in [1.807, 2.05) is 13.2 Å². The van der Waals surface area contributed by atoms with E-state index in [-0.39, 0.29) is 5.54 Å². The molecule has 2 saturated heterocycles. The molecule has 0 aliphatic carbocycles. The Labute approximate surface area is 146 Å². The molecule has 3 rings (SSSR count). The monoisotopic (exact) mass is 329 g/mol. The number of nitrogens with one attached hydrogen (secondary N) is 1. The van der Waals surface area contributed by atoms with E-state index < -0.39 is 0 Å². The summed E-state index contributed by atoms with van der Waals surface area (Å²) in [6.45, 7) is 13.3. The van der Waals surface area contributed by atoms with Crippen LogP contribution in [-0.4, -0.2) is 48.1 Å². The van der Waals surface area contributed by atoms with E-state index >= 15 is 0 Å². The van der Waals surface area contributed by atoms with Gasteiger partial charge in [-0.15, -0.1) is 0 Å². The third kappa shape index (κ3) is 2.96. The van der Waals surface area contributed by atoms with Crippen LogP contribution in [0, 0.1) is 5.41 Å². The summed E-state index contributed by atoms with van der Waals surface area (Å²) in [6, 6.07) is 4.29. The largest absolute Gasteiger partial charge is 0.357 e. The van der Waals surface area contributed by atoms with Gasteiger partial charge in [-0.1, -0.05) is 13.8 Å². The number of hydrogen-bond acceptors (Lipinski definition) is 3. The maximum absolute atomic E-state index is 4.53. The Morgan fingerprint density at radius 2 is 1.96 bits per heavy atom. The number of rotatable bonds is 3. The summed E-state index contributed by atoms with van der Waals surface area (Å²) in [5.41, 5.74) is 1.68. The maximum atomic E-state index is 4.53. The first kappa shape index (κ1) is 17.1. The van der Waals surface area contributed by atoms with Crippen LogP contribution in [0.4, 0.5) is 5.82 Å². The van der Waals surface area contributed by atoms with Crippen molar-refractivity contribution in [2.75, 3.05) is 31.6 Å². The highest BCUT2D eigenvalue weighted by atomic mass is 15.4. The third-order valence-electron chi connectivity index (χ3n) is 6.04. The van der Waals surface area contributed by atoms with Gasteiger partial charge in [0.05, 0.1) is 0 Å². The lowest BCUT2D eigenvalue weighted by Gasteiger charge is -2.62. The minimum Gasteiger partial charge on any atom is -0.357 e. The van der Waals surface area contributed by atoms with Crippen LogP contribution in [0.5, 0.6) is 0 Å². The molecule has 3 heterocycles. The van der Waals surface area contributed by atoms with E-state index in [2.05, 4.69) is 64.9 Å². The van der Waals surface area contributed by atoms with Crippen LogP contribution >= 0.6 is 0 Å². The second kappa shape index (κ2) is 6.26. The van der Waals surface area contributed by atoms with Gasteiger partial charge < -0.3 is 15.1 Å². The van der Waals surface area contributed by atoms with Crippen molar-refractivity contribution in [2.24, 2.45) is 10.4 Å². The zero-order valence-electron chi connectivity index (χ0n) is 15.8. The zero-order valence-corrected chi connectivity index (χ0v) is 15.8. The van der Waals surface area contributed by atoms with E-state index in [9.17, 15) is 0 Å². The Morgan fingerprint density at radius 3 is 2.54 bits per heavy atom. The molecule has 1 N–H and O–H groups in total. The molecule has 0 bridgehead atoms. The van der Waals surface area contributed by atoms with Gasteiger partial charge in [-0.05, 0) is 44.4 Å². The second-order valence-corrected chi connectivity index (χ2v) is 8.15. The van der Waals surface area contributed by atoms with Gasteiger partial charge >= 0.3 is 0 Å². The van der Waals surface area contributed by atoms with Crippen LogP contribution in [0.2, 0.25) is 0 Å². The van der Waals surface area contributed by atoms with E-state index in [1.165, 1.54) is 18.4 Å². The van der Waals surface area contributed by atoms with Crippen LogP contribution in [0.25, 0.3) is 0 Å². The molecule has 0 amide bonds. The number of pyridine rings is 1. The van der Waals surface area contributed by atoms with Gasteiger partial charge in [-0.3, -0.25) is 4.99 Å². The van der Waals surface area contributed by atoms with Crippen molar-refractivity contribution in [1.82, 2.24) is 15.2 Å². The highest BCUT2D eigenvalue weighted by Gasteiger charge is 2.53. The molecule has 2 aliphatic heterocycles. The molecule has 24 heavy (non-hydrogen) atoms. The lowest BCUT2D eigenvalue weighted by Crippen LogP contribution is -2.72. The Morgan fingerprint density at radius 1 is 1.25 bits per heavy atom. The van der Waals surface area contributed by atoms with E-state index in [0.29, 0.717) is 5.41 Å². The predicted octanol–water partition coefficient (Wildman–Crippen LogP) is 2.88. The number of likely N-dealkylation sites (tertiary alicyclic amines) is 1. The Bertz CT molecular complexity index is 614. The number of hydrogen-bond donors (Lipinski definition) is 1. The fourth-order valence-electron chi connectivity index (χ4n) is 3.57. The molecular formula is C19H31N5. The lowest BCUT2D eigenvalue weighted by molar-refractivity contribution is -0.0667. The molecule has 0 spiro atoms. The average Bonchev–Trinajstić information content (AvgIpc) is 3.09. The Balaban J connectivity index is 1.64. The molecule has 0 unspecified atom stereocenters. The van der Waals surface area contributed by atoms with Crippen molar-refractivity contribution in [3.05, 3.63) is 23.9 Å². The molecule has 2 fully saturated rings. The standard InChI is InChI=1S/C19H31N5/c1-18(2)14-24(19(18,3)4)17(20-5)22-13-15-8-9-21-16(12-15)23-10-6-7-11-23/h8-9,12H,6-7,10-11,13-14H2,1-5H3,(H,20,22). The minimum atomic E-state index is 0.119. The predicted molar refractivity (Wildman–Crippen MR) is 100 cm³/mol. The van der Waals surface area contributed by atoms with Gasteiger partial charge in [0, 0.05) is 50.4 Å². The number of guanidine groups is 1. The molecular weight excluding hydrogens is 298 g/mol. The molecule has 132 valence electrons. The first-order valence-corrected chi connectivity index (χ1v) is 9.03. The second-order valence-electron chi connectivity index (χ2n) is 8.15. The van der Waals surface area contributed by atoms with Crippen LogP contribution in [0.15, 0.2) is 23.3 Å². The van der Waals surface area contributed by atoms with Crippen molar-refractivity contribution in [2.45, 2.75) is 52.6 Å². The molecule has 0 aromatic carbocycles. The summed E-state index contributed by atoms with van der Waals surface area (Å²) >= 11 is 0. The molecule has 0 saturated carbocycles. The number of nitrogens with zero attached hydrogens (tertiary/aromatic N) is 4. The fraction of sp³-hybridized carbons (Fsp3) is 0.684. The van der Waals surface area contributed by atoms with Gasteiger partial charge in [0.25, 0.3) is 0 Å². The summed E-state index contributed by atoms with van der Waals surface area (Å²) in [5, 5.41) is 3.53. The van der Waals surface area contributed by atoms with Gasteiger partial charge in [-0.2, -0.15) is 0 Å². The van der Waals surface area contributed by atoms with Gasteiger partial charge in [-0.25, -0.2) is 4.98 Å². The van der Waals surface area contributed by atoms with Crippen molar-refractivity contribution in [3.63, 3.8) is 0 Å². The summed E-state index contributed by atoms with van der Waals surface area (Å²) in [4.78, 5) is 13.8. The van der Waals surface area contributed by atoms with Crippen LogP contribution < -0.4 is 10.2 Å². The first-order valence-electron chi connectivity index (χ1n) is 9.03. The van der Waals surface area contributed by atoms with Crippen LogP contribution in [-0.2, 0) is 6.54 Å². The molecule has 2 aliphatic rings. The fourth-order valence-corrected chi connectivity index (χ4v) is 3.57. The first-order chi connectivity index (χ1) is 11.3. The van der Waals surface area contributed by atoms with Gasteiger partial charge in [0.2, 0.25) is 0 Å². The normalized spacial score (nSPS) is 22.5. The molecule has 1 aromatic heterocycles. The van der Waals surface area contributed by atoms with Crippen molar-refractivity contribution in [3.8, 4) is 0 Å². The summed E-state index contributed by atoms with van der Waals surface area (Å²) < 4.78 is 0. The highest BCUT2D eigenvalue weighted by molar-refractivity contribution is 5.82. The maximum Gasteiger partial charge on any atom is 0.194 e. The number of aromatic nitrogens is 1. The van der Waals surface area contributed by atoms with Gasteiger partial charge in [0.15, 0.2) is 5.96 Å². The smallest absolute Gasteiger partial charge is 0.194 e. The van der Waals surface area contributed by atoms with Crippen molar-refractivity contribution >= 4 is 11.8 Å². The SMILES string of the molecule is CN=C(NCc1ccnc(N2CCCC2)c1)N1CC(C)(C)C1(C)C. The van der Waals surface area contributed by atoms with E-state index in [1.54, 1.807) is 0 Å². The van der Waals surface area contributed by atoms with Gasteiger partial charge in [0.1, 0.15) is 5.82 Å². The van der Waals surface area contributed by atoms with E-state index in [0.717, 1.165) is 38.0 Å². The molecule has 0 radical (unpaired) electrons. The number of aliphatic imine (C=N–C) groups is 1. The lowest BCUT2D eigenvalue weighted by atomic mass is 9.65. The molecule has 5 nitrogen and oxygen atoms in total. The zero-order chi connectivity index (χ0) is 17.4. The summed E-state index contributed by atoms with van der Waals surface area (Å²) in [5.74, 6) is 2.09. The summed E-state index contributed by atoms with van der Waals surface area (Å²) in [7, 11) is 1.87.